The van der Waals surface area contributed by atoms with E-state index in [0.717, 1.165) is 22.2 Å². The van der Waals surface area contributed by atoms with Gasteiger partial charge in [0.15, 0.2) is 0 Å². The highest BCUT2D eigenvalue weighted by molar-refractivity contribution is 6.57. The number of allylic oxidation sites excluding steroid dienone is 3. The minimum atomic E-state index is -0.434. The number of ether oxygens (including phenoxy) is 1. The summed E-state index contributed by atoms with van der Waals surface area (Å²) in [4.78, 5) is 0. The first-order valence-corrected chi connectivity index (χ1v) is 6.10. The van der Waals surface area contributed by atoms with E-state index < -0.39 is 7.12 Å². The van der Waals surface area contributed by atoms with E-state index in [2.05, 4.69) is 0 Å². The average Bonchev–Trinajstić information content (AvgIpc) is 2.58. The zero-order valence-electron chi connectivity index (χ0n) is 10.3. The molecular formula is C12H16BNO4. The van der Waals surface area contributed by atoms with Crippen LogP contribution in [0.1, 0.15) is 6.92 Å². The quantitative estimate of drug-likeness (QED) is 0.669. The summed E-state index contributed by atoms with van der Waals surface area (Å²) < 4.78 is 17.0. The van der Waals surface area contributed by atoms with Gasteiger partial charge in [-0.1, -0.05) is 0 Å². The number of aliphatic hydroxyl groups is 1. The smallest absolute Gasteiger partial charge is 0.495 e. The van der Waals surface area contributed by atoms with Crippen LogP contribution in [0.25, 0.3) is 0 Å². The van der Waals surface area contributed by atoms with Gasteiger partial charge in [0.25, 0.3) is 0 Å². The Kier molecular flexibility index (Phi) is 3.03. The molecule has 2 atom stereocenters. The fourth-order valence-corrected chi connectivity index (χ4v) is 2.69. The molecule has 0 aromatic heterocycles. The molecule has 0 saturated carbocycles. The molecule has 0 aromatic rings. The fourth-order valence-electron chi connectivity index (χ4n) is 2.69. The largest absolute Gasteiger partial charge is 0.497 e. The molecule has 5 nitrogen and oxygen atoms in total. The van der Waals surface area contributed by atoms with Crippen molar-refractivity contribution in [3.8, 4) is 0 Å². The Morgan fingerprint density at radius 1 is 1.44 bits per heavy atom. The Hall–Kier alpha value is -1.08. The van der Waals surface area contributed by atoms with Gasteiger partial charge in [0.05, 0.1) is 25.1 Å². The normalized spacial score (nSPS) is 30.5. The van der Waals surface area contributed by atoms with Crippen LogP contribution in [0.15, 0.2) is 34.5 Å². The SMILES string of the molecule is CC1=C2C=COCC3=C2B(O[C@H]3CO)O[C@@H]1CN. The lowest BCUT2D eigenvalue weighted by Gasteiger charge is -2.28. The van der Waals surface area contributed by atoms with Gasteiger partial charge in [0, 0.05) is 6.54 Å². The van der Waals surface area contributed by atoms with Crippen LogP contribution < -0.4 is 5.73 Å². The number of aliphatic hydroxyl groups excluding tert-OH is 1. The second-order valence-electron chi connectivity index (χ2n) is 4.65. The predicted molar refractivity (Wildman–Crippen MR) is 66.5 cm³/mol. The van der Waals surface area contributed by atoms with Crippen LogP contribution >= 0.6 is 0 Å². The van der Waals surface area contributed by atoms with Gasteiger partial charge in [-0.2, -0.15) is 0 Å². The van der Waals surface area contributed by atoms with Gasteiger partial charge in [-0.15, -0.1) is 0 Å². The predicted octanol–water partition coefficient (Wildman–Crippen LogP) is -0.0806. The van der Waals surface area contributed by atoms with E-state index in [0.29, 0.717) is 13.2 Å². The molecule has 0 saturated heterocycles. The maximum absolute atomic E-state index is 9.37. The van der Waals surface area contributed by atoms with Crippen LogP contribution in [0.4, 0.5) is 0 Å². The van der Waals surface area contributed by atoms with Crippen molar-refractivity contribution in [1.82, 2.24) is 0 Å². The fraction of sp³-hybridized carbons (Fsp3) is 0.500. The molecule has 18 heavy (non-hydrogen) atoms. The van der Waals surface area contributed by atoms with Crippen molar-refractivity contribution in [2.24, 2.45) is 5.73 Å². The molecule has 0 unspecified atom stereocenters. The van der Waals surface area contributed by atoms with Gasteiger partial charge >= 0.3 is 7.12 Å². The topological polar surface area (TPSA) is 73.9 Å². The van der Waals surface area contributed by atoms with Crippen LogP contribution in [-0.4, -0.2) is 44.2 Å². The molecule has 3 rings (SSSR count). The van der Waals surface area contributed by atoms with Crippen molar-refractivity contribution < 1.29 is 19.2 Å². The van der Waals surface area contributed by atoms with Crippen LogP contribution in [0.3, 0.4) is 0 Å². The van der Waals surface area contributed by atoms with Crippen LogP contribution in [-0.2, 0) is 14.0 Å². The summed E-state index contributed by atoms with van der Waals surface area (Å²) >= 11 is 0. The van der Waals surface area contributed by atoms with Crippen molar-refractivity contribution in [2.75, 3.05) is 19.8 Å². The molecule has 3 heterocycles. The molecule has 96 valence electrons. The number of nitrogens with two attached hydrogens (primary N) is 1. The summed E-state index contributed by atoms with van der Waals surface area (Å²) in [7, 11) is -0.434. The van der Waals surface area contributed by atoms with Crippen LogP contribution in [0.5, 0.6) is 0 Å². The van der Waals surface area contributed by atoms with E-state index in [-0.39, 0.29) is 18.8 Å². The Balaban J connectivity index is 2.11. The summed E-state index contributed by atoms with van der Waals surface area (Å²) in [6, 6.07) is 0. The molecule has 0 aromatic carbocycles. The van der Waals surface area contributed by atoms with Crippen molar-refractivity contribution in [3.05, 3.63) is 34.5 Å². The highest BCUT2D eigenvalue weighted by Crippen LogP contribution is 2.39. The third kappa shape index (κ3) is 1.65. The lowest BCUT2D eigenvalue weighted by Crippen LogP contribution is -2.39. The highest BCUT2D eigenvalue weighted by Gasteiger charge is 2.46. The Morgan fingerprint density at radius 3 is 2.94 bits per heavy atom. The highest BCUT2D eigenvalue weighted by atomic mass is 16.6. The first kappa shape index (κ1) is 12.0. The van der Waals surface area contributed by atoms with Gasteiger partial charge in [0.1, 0.15) is 6.61 Å². The summed E-state index contributed by atoms with van der Waals surface area (Å²) in [5, 5.41) is 9.37. The number of hydrogen-bond donors (Lipinski definition) is 2. The van der Waals surface area contributed by atoms with E-state index in [4.69, 9.17) is 19.8 Å². The molecule has 0 bridgehead atoms. The van der Waals surface area contributed by atoms with Crippen LogP contribution in [0, 0.1) is 0 Å². The first-order valence-electron chi connectivity index (χ1n) is 6.10. The van der Waals surface area contributed by atoms with Crippen molar-refractivity contribution >= 4 is 7.12 Å². The lowest BCUT2D eigenvalue weighted by molar-refractivity contribution is 0.0978. The zero-order chi connectivity index (χ0) is 12.7. The summed E-state index contributed by atoms with van der Waals surface area (Å²) in [6.07, 6.45) is 3.12. The maximum Gasteiger partial charge on any atom is 0.495 e. The molecule has 3 aliphatic rings. The molecule has 0 fully saturated rings. The number of hydrogen-bond acceptors (Lipinski definition) is 5. The average molecular weight is 249 g/mol. The third-order valence-electron chi connectivity index (χ3n) is 3.69. The Labute approximate surface area is 106 Å². The van der Waals surface area contributed by atoms with Crippen LogP contribution in [0.2, 0.25) is 0 Å². The molecule has 3 N–H and O–H groups in total. The molecular weight excluding hydrogens is 233 g/mol. The zero-order valence-corrected chi connectivity index (χ0v) is 10.3. The monoisotopic (exact) mass is 249 g/mol. The van der Waals surface area contributed by atoms with E-state index in [1.54, 1.807) is 6.26 Å². The summed E-state index contributed by atoms with van der Waals surface area (Å²) in [6.45, 7) is 2.79. The van der Waals surface area contributed by atoms with Gasteiger partial charge in [-0.3, -0.25) is 0 Å². The Bertz CT molecular complexity index is 457. The van der Waals surface area contributed by atoms with E-state index in [9.17, 15) is 5.11 Å². The van der Waals surface area contributed by atoms with Gasteiger partial charge in [-0.25, -0.2) is 0 Å². The third-order valence-corrected chi connectivity index (χ3v) is 3.69. The molecule has 0 radical (unpaired) electrons. The molecule has 0 amide bonds. The second-order valence-corrected chi connectivity index (χ2v) is 4.65. The lowest BCUT2D eigenvalue weighted by atomic mass is 9.69. The second kappa shape index (κ2) is 4.55. The van der Waals surface area contributed by atoms with Crippen molar-refractivity contribution in [1.29, 1.82) is 0 Å². The summed E-state index contributed by atoms with van der Waals surface area (Å²) in [5.41, 5.74) is 9.85. The van der Waals surface area contributed by atoms with Gasteiger partial charge in [0.2, 0.25) is 0 Å². The van der Waals surface area contributed by atoms with Crippen molar-refractivity contribution in [2.45, 2.75) is 19.1 Å². The summed E-state index contributed by atoms with van der Waals surface area (Å²) in [5.74, 6) is 0. The van der Waals surface area contributed by atoms with Gasteiger partial charge < -0.3 is 24.9 Å². The maximum atomic E-state index is 9.37. The van der Waals surface area contributed by atoms with E-state index in [1.165, 1.54) is 0 Å². The molecule has 0 aliphatic carbocycles. The minimum Gasteiger partial charge on any atom is -0.497 e. The standard InChI is InChI=1S/C12H16BNO4/c1-7-8-2-3-16-6-9-11(5-15)18-13(12(8)9)17-10(7)4-14/h2-3,10-11,15H,4-6,14H2,1H3/t10-,11+/m1/s1. The molecule has 6 heteroatoms. The van der Waals surface area contributed by atoms with Gasteiger partial charge in [-0.05, 0) is 35.2 Å². The van der Waals surface area contributed by atoms with E-state index >= 15 is 0 Å². The van der Waals surface area contributed by atoms with E-state index in [1.807, 2.05) is 13.0 Å². The minimum absolute atomic E-state index is 0.0678. The Morgan fingerprint density at radius 2 is 2.22 bits per heavy atom. The molecule has 0 spiro atoms. The van der Waals surface area contributed by atoms with Crippen molar-refractivity contribution in [3.63, 3.8) is 0 Å². The molecule has 3 aliphatic heterocycles. The first-order chi connectivity index (χ1) is 8.76. The number of rotatable bonds is 2.